The number of piperidine rings is 1. The maximum atomic E-state index is 3.69. The Balaban J connectivity index is 1.60. The predicted octanol–water partition coefficient (Wildman–Crippen LogP) is 3.33. The Kier molecular flexibility index (Phi) is 3.56. The van der Waals surface area contributed by atoms with Crippen LogP contribution in [0.25, 0.3) is 0 Å². The summed E-state index contributed by atoms with van der Waals surface area (Å²) in [7, 11) is 0. The Hall–Kier alpha value is -0.290. The molecule has 1 aromatic rings. The van der Waals surface area contributed by atoms with E-state index in [4.69, 9.17) is 0 Å². The standard InChI is InChI=1S/C14H19IN2/c15-11-3-5-12(6-4-11)16-13-7-9-17-8-1-2-14(17)10-13/h3-6,13-14,16H,1-2,7-10H2. The summed E-state index contributed by atoms with van der Waals surface area (Å²) in [5.74, 6) is 0. The summed E-state index contributed by atoms with van der Waals surface area (Å²) in [6.45, 7) is 2.62. The second-order valence-electron chi connectivity index (χ2n) is 5.20. The smallest absolute Gasteiger partial charge is 0.0343 e. The zero-order valence-electron chi connectivity index (χ0n) is 10.0. The first-order chi connectivity index (χ1) is 8.31. The maximum absolute atomic E-state index is 3.69. The first-order valence-corrected chi connectivity index (χ1v) is 7.65. The third-order valence-corrected chi connectivity index (χ3v) is 4.75. The molecule has 1 aromatic carbocycles. The SMILES string of the molecule is Ic1ccc(NC2CCN3CCCC3C2)cc1. The fraction of sp³-hybridized carbons (Fsp3) is 0.571. The van der Waals surface area contributed by atoms with Gasteiger partial charge in [-0.25, -0.2) is 0 Å². The quantitative estimate of drug-likeness (QED) is 0.830. The minimum atomic E-state index is 0.675. The molecule has 0 amide bonds. The summed E-state index contributed by atoms with van der Waals surface area (Å²) in [6.07, 6.45) is 5.43. The summed E-state index contributed by atoms with van der Waals surface area (Å²) in [5, 5.41) is 3.69. The van der Waals surface area contributed by atoms with Gasteiger partial charge in [0.15, 0.2) is 0 Å². The first kappa shape index (κ1) is 11.8. The highest BCUT2D eigenvalue weighted by atomic mass is 127. The topological polar surface area (TPSA) is 15.3 Å². The largest absolute Gasteiger partial charge is 0.382 e. The van der Waals surface area contributed by atoms with E-state index in [0.717, 1.165) is 6.04 Å². The van der Waals surface area contributed by atoms with Crippen molar-refractivity contribution in [1.29, 1.82) is 0 Å². The van der Waals surface area contributed by atoms with Gasteiger partial charge in [0.2, 0.25) is 0 Å². The van der Waals surface area contributed by atoms with Crippen LogP contribution in [0, 0.1) is 3.57 Å². The number of rotatable bonds is 2. The molecule has 3 rings (SSSR count). The third kappa shape index (κ3) is 2.76. The van der Waals surface area contributed by atoms with Crippen molar-refractivity contribution >= 4 is 28.3 Å². The van der Waals surface area contributed by atoms with Crippen LogP contribution in [0.5, 0.6) is 0 Å². The van der Waals surface area contributed by atoms with Crippen LogP contribution in [-0.2, 0) is 0 Å². The maximum Gasteiger partial charge on any atom is 0.0343 e. The lowest BCUT2D eigenvalue weighted by atomic mass is 9.97. The van der Waals surface area contributed by atoms with Crippen LogP contribution in [0.15, 0.2) is 24.3 Å². The van der Waals surface area contributed by atoms with Gasteiger partial charge in [-0.15, -0.1) is 0 Å². The molecule has 2 fully saturated rings. The summed E-state index contributed by atoms with van der Waals surface area (Å²) in [5.41, 5.74) is 1.28. The second kappa shape index (κ2) is 5.14. The number of benzene rings is 1. The van der Waals surface area contributed by atoms with E-state index in [-0.39, 0.29) is 0 Å². The van der Waals surface area contributed by atoms with Crippen molar-refractivity contribution in [2.75, 3.05) is 18.4 Å². The number of nitrogens with one attached hydrogen (secondary N) is 1. The van der Waals surface area contributed by atoms with E-state index in [9.17, 15) is 0 Å². The van der Waals surface area contributed by atoms with E-state index in [1.54, 1.807) is 0 Å². The van der Waals surface area contributed by atoms with Gasteiger partial charge in [-0.05, 0) is 79.1 Å². The number of halogens is 1. The molecule has 2 aliphatic heterocycles. The molecule has 1 N–H and O–H groups in total. The molecule has 2 heterocycles. The van der Waals surface area contributed by atoms with E-state index < -0.39 is 0 Å². The van der Waals surface area contributed by atoms with Gasteiger partial charge in [-0.3, -0.25) is 0 Å². The third-order valence-electron chi connectivity index (χ3n) is 4.04. The zero-order chi connectivity index (χ0) is 11.7. The van der Waals surface area contributed by atoms with Crippen molar-refractivity contribution in [3.05, 3.63) is 27.8 Å². The number of anilines is 1. The van der Waals surface area contributed by atoms with Crippen molar-refractivity contribution in [2.24, 2.45) is 0 Å². The fourth-order valence-corrected chi connectivity index (χ4v) is 3.50. The normalized spacial score (nSPS) is 29.0. The van der Waals surface area contributed by atoms with Gasteiger partial charge in [0.25, 0.3) is 0 Å². The van der Waals surface area contributed by atoms with Gasteiger partial charge in [0.05, 0.1) is 0 Å². The molecule has 0 aromatic heterocycles. The molecule has 2 aliphatic rings. The van der Waals surface area contributed by atoms with E-state index in [1.165, 1.54) is 48.0 Å². The average Bonchev–Trinajstić information content (AvgIpc) is 2.79. The molecule has 2 unspecified atom stereocenters. The Bertz CT molecular complexity index is 376. The van der Waals surface area contributed by atoms with Gasteiger partial charge in [-0.2, -0.15) is 0 Å². The van der Waals surface area contributed by atoms with Gasteiger partial charge in [0, 0.05) is 27.9 Å². The summed E-state index contributed by atoms with van der Waals surface area (Å²) in [4.78, 5) is 2.67. The molecule has 2 nitrogen and oxygen atoms in total. The summed E-state index contributed by atoms with van der Waals surface area (Å²) >= 11 is 2.35. The van der Waals surface area contributed by atoms with Crippen LogP contribution in [0.3, 0.4) is 0 Å². The minimum absolute atomic E-state index is 0.675. The Morgan fingerprint density at radius 1 is 1.12 bits per heavy atom. The monoisotopic (exact) mass is 342 g/mol. The van der Waals surface area contributed by atoms with Crippen molar-refractivity contribution < 1.29 is 0 Å². The summed E-state index contributed by atoms with van der Waals surface area (Å²) < 4.78 is 1.30. The number of hydrogen-bond donors (Lipinski definition) is 1. The first-order valence-electron chi connectivity index (χ1n) is 6.57. The molecule has 0 saturated carbocycles. The zero-order valence-corrected chi connectivity index (χ0v) is 12.2. The van der Waals surface area contributed by atoms with Crippen molar-refractivity contribution in [3.63, 3.8) is 0 Å². The molecule has 17 heavy (non-hydrogen) atoms. The van der Waals surface area contributed by atoms with Crippen LogP contribution in [0.4, 0.5) is 5.69 Å². The van der Waals surface area contributed by atoms with E-state index in [0.29, 0.717) is 6.04 Å². The van der Waals surface area contributed by atoms with Crippen LogP contribution >= 0.6 is 22.6 Å². The van der Waals surface area contributed by atoms with Crippen LogP contribution in [0.2, 0.25) is 0 Å². The van der Waals surface area contributed by atoms with Gasteiger partial charge in [0.1, 0.15) is 0 Å². The Labute approximate surface area is 117 Å². The molecule has 0 aliphatic carbocycles. The van der Waals surface area contributed by atoms with Gasteiger partial charge >= 0.3 is 0 Å². The van der Waals surface area contributed by atoms with E-state index in [2.05, 4.69) is 57.1 Å². The Morgan fingerprint density at radius 2 is 1.94 bits per heavy atom. The van der Waals surface area contributed by atoms with Crippen LogP contribution < -0.4 is 5.32 Å². The lowest BCUT2D eigenvalue weighted by Crippen LogP contribution is -2.42. The molecule has 0 bridgehead atoms. The van der Waals surface area contributed by atoms with Gasteiger partial charge in [-0.1, -0.05) is 0 Å². The van der Waals surface area contributed by atoms with Crippen LogP contribution in [0.1, 0.15) is 25.7 Å². The number of nitrogens with zero attached hydrogens (tertiary/aromatic N) is 1. The summed E-state index contributed by atoms with van der Waals surface area (Å²) in [6, 6.07) is 10.3. The van der Waals surface area contributed by atoms with E-state index >= 15 is 0 Å². The van der Waals surface area contributed by atoms with Gasteiger partial charge < -0.3 is 10.2 Å². The molecule has 2 atom stereocenters. The highest BCUT2D eigenvalue weighted by molar-refractivity contribution is 14.1. The van der Waals surface area contributed by atoms with E-state index in [1.807, 2.05) is 0 Å². The molecular formula is C14H19IN2. The van der Waals surface area contributed by atoms with Crippen molar-refractivity contribution in [2.45, 2.75) is 37.8 Å². The predicted molar refractivity (Wildman–Crippen MR) is 80.4 cm³/mol. The van der Waals surface area contributed by atoms with Crippen molar-refractivity contribution in [1.82, 2.24) is 4.90 Å². The van der Waals surface area contributed by atoms with Crippen LogP contribution in [-0.4, -0.2) is 30.1 Å². The number of fused-ring (bicyclic) bond motifs is 1. The molecule has 2 saturated heterocycles. The minimum Gasteiger partial charge on any atom is -0.382 e. The fourth-order valence-electron chi connectivity index (χ4n) is 3.14. The molecular weight excluding hydrogens is 323 g/mol. The second-order valence-corrected chi connectivity index (χ2v) is 6.45. The molecule has 92 valence electrons. The Morgan fingerprint density at radius 3 is 2.76 bits per heavy atom. The number of hydrogen-bond acceptors (Lipinski definition) is 2. The highest BCUT2D eigenvalue weighted by Crippen LogP contribution is 2.28. The molecule has 3 heteroatoms. The lowest BCUT2D eigenvalue weighted by molar-refractivity contribution is 0.188. The highest BCUT2D eigenvalue weighted by Gasteiger charge is 2.31. The lowest BCUT2D eigenvalue weighted by Gasteiger charge is -2.35. The van der Waals surface area contributed by atoms with Crippen molar-refractivity contribution in [3.8, 4) is 0 Å². The average molecular weight is 342 g/mol. The molecule has 0 spiro atoms. The molecule has 0 radical (unpaired) electrons.